The van der Waals surface area contributed by atoms with Crippen molar-refractivity contribution >= 4 is 34.8 Å². The molecule has 1 aromatic rings. The summed E-state index contributed by atoms with van der Waals surface area (Å²) in [5.41, 5.74) is 0.244. The lowest BCUT2D eigenvalue weighted by Crippen LogP contribution is -2.35. The van der Waals surface area contributed by atoms with Gasteiger partial charge in [0.05, 0.1) is 10.0 Å². The molecule has 1 aromatic carbocycles. The van der Waals surface area contributed by atoms with Crippen molar-refractivity contribution in [1.29, 1.82) is 0 Å². The normalized spacial score (nSPS) is 17.2. The number of nitrogens with one attached hydrogen (secondary N) is 1. The molecular formula is C16H21Cl2NO2. The van der Waals surface area contributed by atoms with Crippen molar-refractivity contribution in [2.24, 2.45) is 11.3 Å². The number of aromatic hydroxyl groups is 1. The molecule has 1 aliphatic carbocycles. The molecule has 2 N–H and O–H groups in total. The number of hydrogen-bond acceptors (Lipinski definition) is 2. The molecule has 5 heteroatoms. The largest absolute Gasteiger partial charge is 0.505 e. The Labute approximate surface area is 135 Å². The predicted molar refractivity (Wildman–Crippen MR) is 87.1 cm³/mol. The molecule has 0 aromatic heterocycles. The van der Waals surface area contributed by atoms with Crippen molar-refractivity contribution in [2.75, 3.05) is 5.32 Å². The van der Waals surface area contributed by atoms with Gasteiger partial charge in [-0.15, -0.1) is 0 Å². The predicted octanol–water partition coefficient (Wildman–Crippen LogP) is 5.24. The van der Waals surface area contributed by atoms with Gasteiger partial charge in [-0.25, -0.2) is 0 Å². The average molecular weight is 330 g/mol. The molecule has 0 heterocycles. The second-order valence-corrected chi connectivity index (χ2v) is 7.14. The highest BCUT2D eigenvalue weighted by molar-refractivity contribution is 6.37. The first-order valence-electron chi connectivity index (χ1n) is 7.33. The van der Waals surface area contributed by atoms with Gasteiger partial charge in [0.2, 0.25) is 5.91 Å². The summed E-state index contributed by atoms with van der Waals surface area (Å²) in [5, 5.41) is 12.8. The molecule has 1 amide bonds. The number of benzene rings is 1. The number of carbonyl (C=O) groups excluding carboxylic acids is 1. The highest BCUT2D eigenvalue weighted by Gasteiger charge is 2.41. The molecule has 0 unspecified atom stereocenters. The molecule has 0 radical (unpaired) electrons. The minimum Gasteiger partial charge on any atom is -0.505 e. The molecule has 0 spiro atoms. The van der Waals surface area contributed by atoms with Crippen LogP contribution in [0, 0.1) is 11.3 Å². The van der Waals surface area contributed by atoms with Crippen molar-refractivity contribution in [3.63, 3.8) is 0 Å². The van der Waals surface area contributed by atoms with Crippen molar-refractivity contribution in [1.82, 2.24) is 0 Å². The fraction of sp³-hybridized carbons (Fsp3) is 0.562. The van der Waals surface area contributed by atoms with E-state index in [-0.39, 0.29) is 27.1 Å². The van der Waals surface area contributed by atoms with Gasteiger partial charge < -0.3 is 10.4 Å². The van der Waals surface area contributed by atoms with Gasteiger partial charge in [0.15, 0.2) is 5.75 Å². The third-order valence-corrected chi connectivity index (χ3v) is 4.69. The zero-order valence-corrected chi connectivity index (χ0v) is 13.9. The number of rotatable bonds is 4. The molecule has 1 fully saturated rings. The SMILES string of the molecule is CC(C)CC1(C(=O)Nc2cc(Cl)c(O)c(Cl)c2)CCCC1. The number of anilines is 1. The molecule has 1 aliphatic rings. The number of phenolic OH excluding ortho intramolecular Hbond substituents is 1. The Kier molecular flexibility index (Phi) is 5.05. The summed E-state index contributed by atoms with van der Waals surface area (Å²) in [6.07, 6.45) is 4.93. The van der Waals surface area contributed by atoms with Crippen LogP contribution in [0.5, 0.6) is 5.75 Å². The number of carbonyl (C=O) groups is 1. The Bertz CT molecular complexity index is 514. The van der Waals surface area contributed by atoms with E-state index >= 15 is 0 Å². The second kappa shape index (κ2) is 6.45. The monoisotopic (exact) mass is 329 g/mol. The number of halogens is 2. The van der Waals surface area contributed by atoms with E-state index < -0.39 is 0 Å². The Morgan fingerprint density at radius 1 is 1.29 bits per heavy atom. The zero-order valence-electron chi connectivity index (χ0n) is 12.4. The lowest BCUT2D eigenvalue weighted by Gasteiger charge is -2.29. The molecule has 0 bridgehead atoms. The molecule has 0 atom stereocenters. The first kappa shape index (κ1) is 16.4. The highest BCUT2D eigenvalue weighted by atomic mass is 35.5. The van der Waals surface area contributed by atoms with Gasteiger partial charge in [0.1, 0.15) is 0 Å². The Morgan fingerprint density at radius 2 is 1.81 bits per heavy atom. The van der Waals surface area contributed by atoms with Crippen LogP contribution < -0.4 is 5.32 Å². The summed E-state index contributed by atoms with van der Waals surface area (Å²) in [6, 6.07) is 3.05. The van der Waals surface area contributed by atoms with E-state index in [1.54, 1.807) is 0 Å². The van der Waals surface area contributed by atoms with Gasteiger partial charge >= 0.3 is 0 Å². The van der Waals surface area contributed by atoms with Gasteiger partial charge in [-0.1, -0.05) is 49.9 Å². The summed E-state index contributed by atoms with van der Waals surface area (Å²) in [5.74, 6) is 0.349. The van der Waals surface area contributed by atoms with Gasteiger partial charge in [0.25, 0.3) is 0 Å². The van der Waals surface area contributed by atoms with E-state index in [2.05, 4.69) is 19.2 Å². The number of phenols is 1. The first-order valence-corrected chi connectivity index (χ1v) is 8.09. The lowest BCUT2D eigenvalue weighted by atomic mass is 9.77. The van der Waals surface area contributed by atoms with Gasteiger partial charge in [0, 0.05) is 11.1 Å². The van der Waals surface area contributed by atoms with Crippen molar-refractivity contribution in [3.05, 3.63) is 22.2 Å². The summed E-state index contributed by atoms with van der Waals surface area (Å²) < 4.78 is 0. The maximum absolute atomic E-state index is 12.7. The van der Waals surface area contributed by atoms with Crippen LogP contribution in [0.25, 0.3) is 0 Å². The maximum Gasteiger partial charge on any atom is 0.230 e. The standard InChI is InChI=1S/C16H21Cl2NO2/c1-10(2)9-16(5-3-4-6-16)15(21)19-11-7-12(17)14(20)13(18)8-11/h7-8,10,20H,3-6,9H2,1-2H3,(H,19,21). The minimum absolute atomic E-state index is 0.0338. The van der Waals surface area contributed by atoms with Crippen LogP contribution in [0.4, 0.5) is 5.69 Å². The summed E-state index contributed by atoms with van der Waals surface area (Å²) >= 11 is 11.8. The highest BCUT2D eigenvalue weighted by Crippen LogP contribution is 2.44. The van der Waals surface area contributed by atoms with Crippen LogP contribution in [-0.2, 0) is 4.79 Å². The minimum atomic E-state index is -0.287. The Balaban J connectivity index is 2.19. The van der Waals surface area contributed by atoms with E-state index in [0.29, 0.717) is 11.6 Å². The van der Waals surface area contributed by atoms with Crippen LogP contribution in [0.2, 0.25) is 10.0 Å². The molecule has 3 nitrogen and oxygen atoms in total. The lowest BCUT2D eigenvalue weighted by molar-refractivity contribution is -0.126. The van der Waals surface area contributed by atoms with Gasteiger partial charge in [-0.3, -0.25) is 4.79 Å². The molecular weight excluding hydrogens is 309 g/mol. The maximum atomic E-state index is 12.7. The van der Waals surface area contributed by atoms with E-state index in [1.165, 1.54) is 12.1 Å². The Morgan fingerprint density at radius 3 is 2.29 bits per heavy atom. The smallest absolute Gasteiger partial charge is 0.230 e. The molecule has 116 valence electrons. The summed E-state index contributed by atoms with van der Waals surface area (Å²) in [7, 11) is 0. The molecule has 21 heavy (non-hydrogen) atoms. The number of amides is 1. The summed E-state index contributed by atoms with van der Waals surface area (Å²) in [6.45, 7) is 4.28. The van der Waals surface area contributed by atoms with E-state index in [0.717, 1.165) is 32.1 Å². The topological polar surface area (TPSA) is 49.3 Å². The third kappa shape index (κ3) is 3.64. The summed E-state index contributed by atoms with van der Waals surface area (Å²) in [4.78, 5) is 12.7. The van der Waals surface area contributed by atoms with Crippen molar-refractivity contribution in [3.8, 4) is 5.75 Å². The van der Waals surface area contributed by atoms with Gasteiger partial charge in [-0.2, -0.15) is 0 Å². The van der Waals surface area contributed by atoms with Crippen molar-refractivity contribution in [2.45, 2.75) is 46.0 Å². The molecule has 0 saturated heterocycles. The molecule has 2 rings (SSSR count). The van der Waals surface area contributed by atoms with Crippen LogP contribution in [-0.4, -0.2) is 11.0 Å². The van der Waals surface area contributed by atoms with Gasteiger partial charge in [-0.05, 0) is 37.3 Å². The number of hydrogen-bond donors (Lipinski definition) is 2. The Hall–Kier alpha value is -0.930. The van der Waals surface area contributed by atoms with E-state index in [4.69, 9.17) is 23.2 Å². The fourth-order valence-electron chi connectivity index (χ4n) is 3.26. The molecule has 0 aliphatic heterocycles. The zero-order chi connectivity index (χ0) is 15.6. The van der Waals surface area contributed by atoms with Crippen LogP contribution in [0.1, 0.15) is 46.0 Å². The quantitative estimate of drug-likeness (QED) is 0.741. The average Bonchev–Trinajstić information content (AvgIpc) is 2.84. The van der Waals surface area contributed by atoms with E-state index in [9.17, 15) is 9.90 Å². The first-order chi connectivity index (χ1) is 9.84. The van der Waals surface area contributed by atoms with Crippen LogP contribution in [0.15, 0.2) is 12.1 Å². The fourth-order valence-corrected chi connectivity index (χ4v) is 3.75. The van der Waals surface area contributed by atoms with Crippen molar-refractivity contribution < 1.29 is 9.90 Å². The van der Waals surface area contributed by atoms with E-state index in [1.807, 2.05) is 0 Å². The third-order valence-electron chi connectivity index (χ3n) is 4.12. The van der Waals surface area contributed by atoms with Crippen LogP contribution >= 0.6 is 23.2 Å². The van der Waals surface area contributed by atoms with Crippen LogP contribution in [0.3, 0.4) is 0 Å². The second-order valence-electron chi connectivity index (χ2n) is 6.33. The molecule has 1 saturated carbocycles.